The van der Waals surface area contributed by atoms with Crippen molar-refractivity contribution in [2.75, 3.05) is 19.4 Å². The Labute approximate surface area is 113 Å². The van der Waals surface area contributed by atoms with Gasteiger partial charge in [-0.05, 0) is 17.5 Å². The summed E-state index contributed by atoms with van der Waals surface area (Å²) in [5.41, 5.74) is 5.28. The Morgan fingerprint density at radius 1 is 1.37 bits per heavy atom. The molecular weight excluding hydrogens is 271 g/mol. The van der Waals surface area contributed by atoms with E-state index in [1.807, 2.05) is 20.8 Å². The fourth-order valence-corrected chi connectivity index (χ4v) is 2.68. The predicted octanol–water partition coefficient (Wildman–Crippen LogP) is 1.74. The SMILES string of the molecule is COc1c(N)cc(S(=O)(=O)NCC(C)(C)C)cc1F. The number of hydrogen-bond acceptors (Lipinski definition) is 4. The number of halogens is 1. The van der Waals surface area contributed by atoms with Crippen LogP contribution in [0.5, 0.6) is 5.75 Å². The molecule has 1 rings (SSSR count). The van der Waals surface area contributed by atoms with E-state index >= 15 is 0 Å². The number of ether oxygens (including phenoxy) is 1. The van der Waals surface area contributed by atoms with Crippen molar-refractivity contribution in [2.45, 2.75) is 25.7 Å². The van der Waals surface area contributed by atoms with Gasteiger partial charge in [-0.3, -0.25) is 0 Å². The quantitative estimate of drug-likeness (QED) is 0.828. The molecule has 0 bridgehead atoms. The zero-order valence-corrected chi connectivity index (χ0v) is 12.3. The van der Waals surface area contributed by atoms with E-state index < -0.39 is 15.8 Å². The van der Waals surface area contributed by atoms with Crippen molar-refractivity contribution >= 4 is 15.7 Å². The van der Waals surface area contributed by atoms with Gasteiger partial charge in [0.1, 0.15) is 0 Å². The lowest BCUT2D eigenvalue weighted by atomic mass is 9.98. The van der Waals surface area contributed by atoms with E-state index in [1.165, 1.54) is 13.2 Å². The smallest absolute Gasteiger partial charge is 0.240 e. The Morgan fingerprint density at radius 3 is 2.37 bits per heavy atom. The first-order valence-electron chi connectivity index (χ1n) is 5.69. The minimum absolute atomic E-state index is 0.0568. The van der Waals surface area contributed by atoms with Crippen molar-refractivity contribution in [3.63, 3.8) is 0 Å². The van der Waals surface area contributed by atoms with Crippen LogP contribution in [0.4, 0.5) is 10.1 Å². The Morgan fingerprint density at radius 2 is 1.95 bits per heavy atom. The summed E-state index contributed by atoms with van der Waals surface area (Å²) >= 11 is 0. The molecule has 0 spiro atoms. The lowest BCUT2D eigenvalue weighted by Crippen LogP contribution is -2.32. The van der Waals surface area contributed by atoms with E-state index in [0.717, 1.165) is 6.07 Å². The van der Waals surface area contributed by atoms with Crippen LogP contribution in [-0.4, -0.2) is 22.1 Å². The number of anilines is 1. The van der Waals surface area contributed by atoms with Gasteiger partial charge in [0.15, 0.2) is 11.6 Å². The molecule has 5 nitrogen and oxygen atoms in total. The van der Waals surface area contributed by atoms with E-state index in [2.05, 4.69) is 4.72 Å². The third-order valence-electron chi connectivity index (χ3n) is 2.35. The number of methoxy groups -OCH3 is 1. The number of hydrogen-bond donors (Lipinski definition) is 2. The molecule has 0 amide bonds. The van der Waals surface area contributed by atoms with E-state index in [1.54, 1.807) is 0 Å². The average Bonchev–Trinajstić information content (AvgIpc) is 2.25. The van der Waals surface area contributed by atoms with Crippen LogP contribution in [0.1, 0.15) is 20.8 Å². The highest BCUT2D eigenvalue weighted by atomic mass is 32.2. The molecule has 0 fully saturated rings. The second-order valence-electron chi connectivity index (χ2n) is 5.41. The summed E-state index contributed by atoms with van der Waals surface area (Å²) in [6, 6.07) is 2.06. The lowest BCUT2D eigenvalue weighted by Gasteiger charge is -2.19. The first-order valence-corrected chi connectivity index (χ1v) is 7.18. The second kappa shape index (κ2) is 5.34. The van der Waals surface area contributed by atoms with Crippen LogP contribution in [-0.2, 0) is 10.0 Å². The highest BCUT2D eigenvalue weighted by Gasteiger charge is 2.21. The first kappa shape index (κ1) is 15.7. The highest BCUT2D eigenvalue weighted by Crippen LogP contribution is 2.28. The Hall–Kier alpha value is -1.34. The zero-order chi connectivity index (χ0) is 14.8. The van der Waals surface area contributed by atoms with Crippen LogP contribution in [0.25, 0.3) is 0 Å². The maximum absolute atomic E-state index is 13.6. The van der Waals surface area contributed by atoms with Crippen molar-refractivity contribution in [1.82, 2.24) is 4.72 Å². The normalized spacial score (nSPS) is 12.5. The summed E-state index contributed by atoms with van der Waals surface area (Å²) in [6.07, 6.45) is 0. The van der Waals surface area contributed by atoms with Gasteiger partial charge in [-0.1, -0.05) is 20.8 Å². The van der Waals surface area contributed by atoms with Crippen molar-refractivity contribution in [3.8, 4) is 5.75 Å². The van der Waals surface area contributed by atoms with Crippen LogP contribution >= 0.6 is 0 Å². The first-order chi connectivity index (χ1) is 8.57. The molecule has 0 heterocycles. The summed E-state index contributed by atoms with van der Waals surface area (Å²) in [5, 5.41) is 0. The summed E-state index contributed by atoms with van der Waals surface area (Å²) in [5.74, 6) is -0.964. The van der Waals surface area contributed by atoms with Gasteiger partial charge in [0.05, 0.1) is 17.7 Å². The highest BCUT2D eigenvalue weighted by molar-refractivity contribution is 7.89. The molecule has 19 heavy (non-hydrogen) atoms. The molecule has 0 aliphatic rings. The minimum Gasteiger partial charge on any atom is -0.492 e. The van der Waals surface area contributed by atoms with Gasteiger partial charge in [-0.15, -0.1) is 0 Å². The molecule has 0 atom stereocenters. The molecule has 0 saturated heterocycles. The number of nitrogens with two attached hydrogens (primary N) is 1. The lowest BCUT2D eigenvalue weighted by molar-refractivity contribution is 0.387. The third-order valence-corrected chi connectivity index (χ3v) is 3.73. The van der Waals surface area contributed by atoms with E-state index in [9.17, 15) is 12.8 Å². The number of rotatable bonds is 4. The molecule has 1 aromatic carbocycles. The molecule has 7 heteroatoms. The van der Waals surface area contributed by atoms with Gasteiger partial charge < -0.3 is 10.5 Å². The summed E-state index contributed by atoms with van der Waals surface area (Å²) in [4.78, 5) is -0.215. The van der Waals surface area contributed by atoms with E-state index in [-0.39, 0.29) is 28.3 Å². The standard InChI is InChI=1S/C12H19FN2O3S/c1-12(2,3)7-15-19(16,17)8-5-9(13)11(18-4)10(14)6-8/h5-6,15H,7,14H2,1-4H3. The summed E-state index contributed by atoms with van der Waals surface area (Å²) < 4.78 is 44.8. The number of nitrogen functional groups attached to an aromatic ring is 1. The van der Waals surface area contributed by atoms with Crippen LogP contribution < -0.4 is 15.2 Å². The number of sulfonamides is 1. The minimum atomic E-state index is -3.79. The van der Waals surface area contributed by atoms with Crippen molar-refractivity contribution in [1.29, 1.82) is 0 Å². The fourth-order valence-electron chi connectivity index (χ4n) is 1.35. The van der Waals surface area contributed by atoms with Crippen LogP contribution in [0, 0.1) is 11.2 Å². The Balaban J connectivity index is 3.09. The van der Waals surface area contributed by atoms with Gasteiger partial charge in [0, 0.05) is 6.54 Å². The largest absolute Gasteiger partial charge is 0.492 e. The van der Waals surface area contributed by atoms with Crippen molar-refractivity contribution in [2.24, 2.45) is 5.41 Å². The monoisotopic (exact) mass is 290 g/mol. The van der Waals surface area contributed by atoms with Gasteiger partial charge in [-0.25, -0.2) is 17.5 Å². The Kier molecular flexibility index (Phi) is 4.42. The van der Waals surface area contributed by atoms with Crippen LogP contribution in [0.3, 0.4) is 0 Å². The second-order valence-corrected chi connectivity index (χ2v) is 7.18. The van der Waals surface area contributed by atoms with Gasteiger partial charge in [-0.2, -0.15) is 0 Å². The molecule has 108 valence electrons. The maximum atomic E-state index is 13.6. The van der Waals surface area contributed by atoms with Crippen molar-refractivity contribution < 1.29 is 17.5 Å². The molecule has 3 N–H and O–H groups in total. The topological polar surface area (TPSA) is 81.4 Å². The molecule has 0 unspecified atom stereocenters. The van der Waals surface area contributed by atoms with Crippen LogP contribution in [0.2, 0.25) is 0 Å². The average molecular weight is 290 g/mol. The number of benzene rings is 1. The van der Waals surface area contributed by atoms with Crippen molar-refractivity contribution in [3.05, 3.63) is 17.9 Å². The Bertz CT molecular complexity index is 542. The number of nitrogens with one attached hydrogen (secondary N) is 1. The molecule has 0 aromatic heterocycles. The van der Waals surface area contributed by atoms with Crippen LogP contribution in [0.15, 0.2) is 17.0 Å². The van der Waals surface area contributed by atoms with Gasteiger partial charge in [0.25, 0.3) is 0 Å². The molecule has 0 aliphatic carbocycles. The maximum Gasteiger partial charge on any atom is 0.240 e. The predicted molar refractivity (Wildman–Crippen MR) is 72.0 cm³/mol. The van der Waals surface area contributed by atoms with Gasteiger partial charge >= 0.3 is 0 Å². The summed E-state index contributed by atoms with van der Waals surface area (Å²) in [7, 11) is -2.52. The summed E-state index contributed by atoms with van der Waals surface area (Å²) in [6.45, 7) is 5.90. The third kappa shape index (κ3) is 4.07. The molecular formula is C12H19FN2O3S. The molecule has 1 aromatic rings. The molecule has 0 aliphatic heterocycles. The zero-order valence-electron chi connectivity index (χ0n) is 11.5. The molecule has 0 saturated carbocycles. The van der Waals surface area contributed by atoms with E-state index in [4.69, 9.17) is 10.5 Å². The van der Waals surface area contributed by atoms with Gasteiger partial charge in [0.2, 0.25) is 10.0 Å². The van der Waals surface area contributed by atoms with E-state index in [0.29, 0.717) is 0 Å². The molecule has 0 radical (unpaired) electrons. The fraction of sp³-hybridized carbons (Fsp3) is 0.500.